The summed E-state index contributed by atoms with van der Waals surface area (Å²) >= 11 is 0. The number of hydrogen-bond acceptors (Lipinski definition) is 3. The molecule has 1 aromatic carbocycles. The highest BCUT2D eigenvalue weighted by Gasteiger charge is 2.45. The van der Waals surface area contributed by atoms with E-state index in [1.165, 1.54) is 6.42 Å². The summed E-state index contributed by atoms with van der Waals surface area (Å²) in [6.45, 7) is 0.545. The lowest BCUT2D eigenvalue weighted by Gasteiger charge is -2.48. The van der Waals surface area contributed by atoms with Crippen molar-refractivity contribution in [3.63, 3.8) is 0 Å². The Balaban J connectivity index is 1.40. The molecule has 3 aliphatic rings. The van der Waals surface area contributed by atoms with Crippen molar-refractivity contribution in [2.24, 2.45) is 5.92 Å². The fourth-order valence-corrected chi connectivity index (χ4v) is 4.31. The topological polar surface area (TPSA) is 70.6 Å². The third kappa shape index (κ3) is 2.97. The van der Waals surface area contributed by atoms with Crippen LogP contribution < -0.4 is 15.4 Å². The number of ether oxygens (including phenoxy) is 1. The summed E-state index contributed by atoms with van der Waals surface area (Å²) in [5, 5.41) is 15.9. The van der Waals surface area contributed by atoms with Gasteiger partial charge in [-0.15, -0.1) is 0 Å². The maximum atomic E-state index is 12.4. The quantitative estimate of drug-likeness (QED) is 0.798. The number of benzene rings is 1. The van der Waals surface area contributed by atoms with E-state index in [2.05, 4.69) is 10.6 Å². The van der Waals surface area contributed by atoms with Gasteiger partial charge in [-0.1, -0.05) is 24.6 Å². The summed E-state index contributed by atoms with van der Waals surface area (Å²) in [6.07, 6.45) is 6.78. The summed E-state index contributed by atoms with van der Waals surface area (Å²) in [4.78, 5) is 12.4. The summed E-state index contributed by atoms with van der Waals surface area (Å²) in [7, 11) is 0. The van der Waals surface area contributed by atoms with E-state index in [0.29, 0.717) is 6.54 Å². The zero-order chi connectivity index (χ0) is 16.6. The molecule has 2 saturated carbocycles. The fourth-order valence-electron chi connectivity index (χ4n) is 4.31. The Morgan fingerprint density at radius 3 is 2.79 bits per heavy atom. The number of para-hydroxylation sites is 1. The van der Waals surface area contributed by atoms with E-state index in [0.717, 1.165) is 49.8 Å². The van der Waals surface area contributed by atoms with E-state index >= 15 is 0 Å². The Kier molecular flexibility index (Phi) is 4.12. The predicted molar refractivity (Wildman–Crippen MR) is 90.9 cm³/mol. The van der Waals surface area contributed by atoms with Gasteiger partial charge in [0.25, 0.3) is 0 Å². The minimum absolute atomic E-state index is 0.0104. The molecule has 1 spiro atoms. The SMILES string of the molecule is O=C(NC[C@@H]1CCC[C@@H]1O)N[C@@H]1CC2(CCC2)Oc2ccccc21. The number of fused-ring (bicyclic) bond motifs is 1. The van der Waals surface area contributed by atoms with E-state index in [1.54, 1.807) is 0 Å². The Hall–Kier alpha value is -1.75. The summed E-state index contributed by atoms with van der Waals surface area (Å²) in [5.41, 5.74) is 0.972. The van der Waals surface area contributed by atoms with Crippen LogP contribution in [0.2, 0.25) is 0 Å². The Labute approximate surface area is 142 Å². The van der Waals surface area contributed by atoms with Crippen molar-refractivity contribution in [1.29, 1.82) is 0 Å². The largest absolute Gasteiger partial charge is 0.487 e. The van der Waals surface area contributed by atoms with Gasteiger partial charge in [-0.3, -0.25) is 0 Å². The highest BCUT2D eigenvalue weighted by Crippen LogP contribution is 2.48. The molecular weight excluding hydrogens is 304 g/mol. The van der Waals surface area contributed by atoms with E-state index in [9.17, 15) is 9.90 Å². The first-order chi connectivity index (χ1) is 11.7. The molecule has 3 atom stereocenters. The number of hydrogen-bond donors (Lipinski definition) is 3. The molecular formula is C19H26N2O3. The minimum Gasteiger partial charge on any atom is -0.487 e. The molecule has 3 N–H and O–H groups in total. The molecule has 24 heavy (non-hydrogen) atoms. The fraction of sp³-hybridized carbons (Fsp3) is 0.632. The number of aliphatic hydroxyl groups excluding tert-OH is 1. The first kappa shape index (κ1) is 15.8. The second-order valence-electron chi connectivity index (χ2n) is 7.55. The number of aliphatic hydroxyl groups is 1. The van der Waals surface area contributed by atoms with Gasteiger partial charge in [-0.25, -0.2) is 4.79 Å². The molecule has 2 aliphatic carbocycles. The van der Waals surface area contributed by atoms with Crippen LogP contribution in [-0.4, -0.2) is 29.4 Å². The van der Waals surface area contributed by atoms with Crippen LogP contribution in [-0.2, 0) is 0 Å². The van der Waals surface area contributed by atoms with Gasteiger partial charge in [0.05, 0.1) is 12.1 Å². The van der Waals surface area contributed by atoms with Gasteiger partial charge in [-0.2, -0.15) is 0 Å². The molecule has 2 amide bonds. The van der Waals surface area contributed by atoms with Crippen molar-refractivity contribution in [3.8, 4) is 5.75 Å². The first-order valence-corrected chi connectivity index (χ1v) is 9.16. The van der Waals surface area contributed by atoms with Crippen LogP contribution >= 0.6 is 0 Å². The number of nitrogens with one attached hydrogen (secondary N) is 2. The van der Waals surface area contributed by atoms with Crippen LogP contribution in [0.25, 0.3) is 0 Å². The van der Waals surface area contributed by atoms with Gasteiger partial charge in [-0.05, 0) is 38.2 Å². The molecule has 0 bridgehead atoms. The van der Waals surface area contributed by atoms with Crippen molar-refractivity contribution in [1.82, 2.24) is 10.6 Å². The second-order valence-corrected chi connectivity index (χ2v) is 7.55. The zero-order valence-corrected chi connectivity index (χ0v) is 14.0. The molecule has 2 fully saturated rings. The lowest BCUT2D eigenvalue weighted by atomic mass is 9.73. The highest BCUT2D eigenvalue weighted by molar-refractivity contribution is 5.74. The van der Waals surface area contributed by atoms with Gasteiger partial charge in [0.1, 0.15) is 11.4 Å². The number of carbonyl (C=O) groups is 1. The van der Waals surface area contributed by atoms with Crippen LogP contribution in [0, 0.1) is 5.92 Å². The van der Waals surface area contributed by atoms with Gasteiger partial charge in [0.2, 0.25) is 0 Å². The predicted octanol–water partition coefficient (Wildman–Crippen LogP) is 2.89. The summed E-state index contributed by atoms with van der Waals surface area (Å²) in [6, 6.07) is 7.84. The molecule has 0 unspecified atom stereocenters. The third-order valence-corrected chi connectivity index (χ3v) is 5.91. The molecule has 0 aromatic heterocycles. The second kappa shape index (κ2) is 6.28. The summed E-state index contributed by atoms with van der Waals surface area (Å²) < 4.78 is 6.22. The summed E-state index contributed by atoms with van der Waals surface area (Å²) in [5.74, 6) is 1.09. The molecule has 5 heteroatoms. The minimum atomic E-state index is -0.271. The van der Waals surface area contributed by atoms with Crippen molar-refractivity contribution in [2.75, 3.05) is 6.54 Å². The van der Waals surface area contributed by atoms with E-state index in [4.69, 9.17) is 4.74 Å². The molecule has 0 radical (unpaired) electrons. The van der Waals surface area contributed by atoms with Gasteiger partial charge < -0.3 is 20.5 Å². The van der Waals surface area contributed by atoms with E-state index < -0.39 is 0 Å². The molecule has 0 saturated heterocycles. The van der Waals surface area contributed by atoms with Gasteiger partial charge in [0.15, 0.2) is 0 Å². The lowest BCUT2D eigenvalue weighted by Crippen LogP contribution is -2.51. The zero-order valence-electron chi connectivity index (χ0n) is 14.0. The van der Waals surface area contributed by atoms with Crippen LogP contribution in [0.3, 0.4) is 0 Å². The lowest BCUT2D eigenvalue weighted by molar-refractivity contribution is -0.0355. The molecule has 130 valence electrons. The van der Waals surface area contributed by atoms with Crippen molar-refractivity contribution in [3.05, 3.63) is 29.8 Å². The Morgan fingerprint density at radius 2 is 2.08 bits per heavy atom. The first-order valence-electron chi connectivity index (χ1n) is 9.16. The van der Waals surface area contributed by atoms with Crippen LogP contribution in [0.1, 0.15) is 56.6 Å². The van der Waals surface area contributed by atoms with Gasteiger partial charge >= 0.3 is 6.03 Å². The standard InChI is InChI=1S/C19H26N2O3/c22-16-7-3-5-13(16)12-20-18(23)21-15-11-19(9-4-10-19)24-17-8-2-1-6-14(15)17/h1-2,6,8,13,15-16,22H,3-5,7,9-12H2,(H2,20,21,23)/t13-,15+,16-/m0/s1. The van der Waals surface area contributed by atoms with Crippen molar-refractivity contribution >= 4 is 6.03 Å². The third-order valence-electron chi connectivity index (χ3n) is 5.91. The monoisotopic (exact) mass is 330 g/mol. The average Bonchev–Trinajstić information content (AvgIpc) is 2.96. The highest BCUT2D eigenvalue weighted by atomic mass is 16.5. The Bertz CT molecular complexity index is 614. The van der Waals surface area contributed by atoms with Crippen molar-refractivity contribution < 1.29 is 14.6 Å². The number of rotatable bonds is 3. The Morgan fingerprint density at radius 1 is 1.25 bits per heavy atom. The average molecular weight is 330 g/mol. The molecule has 1 heterocycles. The van der Waals surface area contributed by atoms with Crippen LogP contribution in [0.15, 0.2) is 24.3 Å². The molecule has 5 nitrogen and oxygen atoms in total. The van der Waals surface area contributed by atoms with Crippen LogP contribution in [0.4, 0.5) is 4.79 Å². The number of urea groups is 1. The van der Waals surface area contributed by atoms with E-state index in [1.807, 2.05) is 24.3 Å². The maximum Gasteiger partial charge on any atom is 0.315 e. The molecule has 1 aliphatic heterocycles. The smallest absolute Gasteiger partial charge is 0.315 e. The number of amides is 2. The molecule has 4 rings (SSSR count). The normalized spacial score (nSPS) is 30.1. The van der Waals surface area contributed by atoms with Crippen LogP contribution in [0.5, 0.6) is 5.75 Å². The maximum absolute atomic E-state index is 12.4. The van der Waals surface area contributed by atoms with E-state index in [-0.39, 0.29) is 29.7 Å². The van der Waals surface area contributed by atoms with Gasteiger partial charge in [0, 0.05) is 24.4 Å². The van der Waals surface area contributed by atoms with Crippen molar-refractivity contribution in [2.45, 2.75) is 62.7 Å². The molecule has 1 aromatic rings. The number of carbonyl (C=O) groups excluding carboxylic acids is 1.